The second kappa shape index (κ2) is 5.44. The van der Waals surface area contributed by atoms with E-state index in [9.17, 15) is 14.7 Å². The molecule has 0 atom stereocenters. The summed E-state index contributed by atoms with van der Waals surface area (Å²) < 4.78 is 0. The number of carbonyl (C=O) groups excluding carboxylic acids is 1. The molecule has 7 nitrogen and oxygen atoms in total. The molecule has 0 aliphatic carbocycles. The number of carboxylic acids is 1. The highest BCUT2D eigenvalue weighted by molar-refractivity contribution is 5.96. The fourth-order valence-electron chi connectivity index (χ4n) is 2.64. The molecule has 2 amide bonds. The monoisotopic (exact) mass is 298 g/mol. The van der Waals surface area contributed by atoms with Crippen LogP contribution in [0.25, 0.3) is 11.1 Å². The van der Waals surface area contributed by atoms with Gasteiger partial charge in [-0.05, 0) is 30.5 Å². The Morgan fingerprint density at radius 3 is 2.86 bits per heavy atom. The van der Waals surface area contributed by atoms with E-state index in [1.54, 1.807) is 6.20 Å². The molecule has 1 aliphatic rings. The first-order chi connectivity index (χ1) is 10.6. The van der Waals surface area contributed by atoms with E-state index in [1.807, 2.05) is 6.07 Å². The number of nitrogens with two attached hydrogens (primary N) is 1. The third kappa shape index (κ3) is 2.37. The summed E-state index contributed by atoms with van der Waals surface area (Å²) in [6.07, 6.45) is 6.04. The number of urea groups is 1. The van der Waals surface area contributed by atoms with Gasteiger partial charge in [0.1, 0.15) is 5.82 Å². The number of hydrogen-bond donors (Lipinski definition) is 2. The number of primary amides is 1. The molecule has 0 bridgehead atoms. The number of aromatic carboxylic acids is 1. The summed E-state index contributed by atoms with van der Waals surface area (Å²) in [6, 6.07) is 2.77. The van der Waals surface area contributed by atoms with Crippen molar-refractivity contribution in [3.63, 3.8) is 0 Å². The van der Waals surface area contributed by atoms with E-state index < -0.39 is 12.0 Å². The summed E-state index contributed by atoms with van der Waals surface area (Å²) in [5, 5.41) is 9.26. The topological polar surface area (TPSA) is 109 Å². The number of anilines is 1. The van der Waals surface area contributed by atoms with Crippen molar-refractivity contribution >= 4 is 17.8 Å². The van der Waals surface area contributed by atoms with Crippen molar-refractivity contribution in [3.8, 4) is 11.1 Å². The maximum Gasteiger partial charge on any atom is 0.336 e. The van der Waals surface area contributed by atoms with E-state index in [0.29, 0.717) is 23.5 Å². The van der Waals surface area contributed by atoms with Crippen molar-refractivity contribution < 1.29 is 14.7 Å². The zero-order chi connectivity index (χ0) is 15.7. The number of carboxylic acid groups (broad SMARTS) is 1. The lowest BCUT2D eigenvalue weighted by atomic mass is 9.99. The van der Waals surface area contributed by atoms with E-state index in [0.717, 1.165) is 18.4 Å². The molecule has 0 spiro atoms. The van der Waals surface area contributed by atoms with E-state index in [-0.39, 0.29) is 5.56 Å². The maximum absolute atomic E-state index is 11.4. The van der Waals surface area contributed by atoms with Crippen molar-refractivity contribution in [2.24, 2.45) is 5.73 Å². The number of aryl methyl sites for hydroxylation is 1. The van der Waals surface area contributed by atoms with Crippen LogP contribution in [-0.4, -0.2) is 33.6 Å². The average Bonchev–Trinajstić information content (AvgIpc) is 2.53. The minimum atomic E-state index is -1.02. The molecule has 0 unspecified atom stereocenters. The first-order valence-electron chi connectivity index (χ1n) is 6.81. The molecule has 3 rings (SSSR count). The van der Waals surface area contributed by atoms with Crippen LogP contribution in [0.5, 0.6) is 0 Å². The minimum Gasteiger partial charge on any atom is -0.478 e. The van der Waals surface area contributed by atoms with Crippen LogP contribution in [0, 0.1) is 0 Å². The van der Waals surface area contributed by atoms with Crippen LogP contribution in [0.15, 0.2) is 30.7 Å². The van der Waals surface area contributed by atoms with Crippen LogP contribution < -0.4 is 10.6 Å². The Balaban J connectivity index is 2.08. The quantitative estimate of drug-likeness (QED) is 0.876. The molecule has 3 N–H and O–H groups in total. The average molecular weight is 298 g/mol. The fourth-order valence-corrected chi connectivity index (χ4v) is 2.64. The van der Waals surface area contributed by atoms with Crippen molar-refractivity contribution in [2.75, 3.05) is 11.4 Å². The molecule has 7 heteroatoms. The zero-order valence-electron chi connectivity index (χ0n) is 11.7. The van der Waals surface area contributed by atoms with Gasteiger partial charge in [0.25, 0.3) is 0 Å². The Hall–Kier alpha value is -2.96. The number of fused-ring (bicyclic) bond motifs is 1. The number of nitrogens with zero attached hydrogens (tertiary/aromatic N) is 3. The zero-order valence-corrected chi connectivity index (χ0v) is 11.7. The molecular weight excluding hydrogens is 284 g/mol. The third-order valence-corrected chi connectivity index (χ3v) is 3.65. The molecule has 0 fully saturated rings. The highest BCUT2D eigenvalue weighted by atomic mass is 16.4. The van der Waals surface area contributed by atoms with Crippen LogP contribution in [-0.2, 0) is 6.42 Å². The van der Waals surface area contributed by atoms with Gasteiger partial charge in [-0.1, -0.05) is 0 Å². The molecule has 0 radical (unpaired) electrons. The van der Waals surface area contributed by atoms with Gasteiger partial charge in [0.05, 0.1) is 5.56 Å². The van der Waals surface area contributed by atoms with E-state index in [1.165, 1.54) is 23.4 Å². The highest BCUT2D eigenvalue weighted by Gasteiger charge is 2.23. The Labute approximate surface area is 126 Å². The second-order valence-corrected chi connectivity index (χ2v) is 5.03. The normalized spacial score (nSPS) is 13.5. The Bertz CT molecular complexity index is 760. The lowest BCUT2D eigenvalue weighted by Gasteiger charge is -2.27. The lowest BCUT2D eigenvalue weighted by molar-refractivity contribution is 0.0697. The highest BCUT2D eigenvalue weighted by Crippen LogP contribution is 2.30. The molecule has 2 aromatic heterocycles. The Morgan fingerprint density at radius 2 is 2.14 bits per heavy atom. The van der Waals surface area contributed by atoms with Gasteiger partial charge >= 0.3 is 12.0 Å². The number of carbonyl (C=O) groups is 2. The van der Waals surface area contributed by atoms with Crippen molar-refractivity contribution in [1.82, 2.24) is 9.97 Å². The molecule has 0 saturated heterocycles. The molecule has 112 valence electrons. The van der Waals surface area contributed by atoms with Crippen LogP contribution in [0.3, 0.4) is 0 Å². The standard InChI is InChI=1S/C15H14N4O3/c16-15(22)19-5-1-2-9-6-10(7-18-13(9)19)12-8-17-4-3-11(12)14(20)21/h3-4,6-8H,1-2,5H2,(H2,16,22)(H,20,21). The molecule has 1 aliphatic heterocycles. The maximum atomic E-state index is 11.4. The fraction of sp³-hybridized carbons (Fsp3) is 0.200. The number of pyridine rings is 2. The Kier molecular flexibility index (Phi) is 3.46. The van der Waals surface area contributed by atoms with Crippen LogP contribution in [0.2, 0.25) is 0 Å². The second-order valence-electron chi connectivity index (χ2n) is 5.03. The third-order valence-electron chi connectivity index (χ3n) is 3.65. The Morgan fingerprint density at radius 1 is 1.32 bits per heavy atom. The number of rotatable bonds is 2. The molecule has 0 saturated carbocycles. The molecule has 0 aromatic carbocycles. The van der Waals surface area contributed by atoms with Crippen molar-refractivity contribution in [3.05, 3.63) is 41.9 Å². The number of hydrogen-bond acceptors (Lipinski definition) is 4. The summed E-state index contributed by atoms with van der Waals surface area (Å²) in [5.74, 6) is -0.475. The first-order valence-corrected chi connectivity index (χ1v) is 6.81. The molecule has 22 heavy (non-hydrogen) atoms. The smallest absolute Gasteiger partial charge is 0.336 e. The van der Waals surface area contributed by atoms with Gasteiger partial charge in [0, 0.05) is 36.3 Å². The summed E-state index contributed by atoms with van der Waals surface area (Å²) >= 11 is 0. The van der Waals surface area contributed by atoms with Crippen LogP contribution in [0.1, 0.15) is 22.3 Å². The van der Waals surface area contributed by atoms with Crippen LogP contribution in [0.4, 0.5) is 10.6 Å². The molecular formula is C15H14N4O3. The largest absolute Gasteiger partial charge is 0.478 e. The van der Waals surface area contributed by atoms with Crippen molar-refractivity contribution in [2.45, 2.75) is 12.8 Å². The summed E-state index contributed by atoms with van der Waals surface area (Å²) in [4.78, 5) is 32.5. The van der Waals surface area contributed by atoms with E-state index in [2.05, 4.69) is 9.97 Å². The van der Waals surface area contributed by atoms with E-state index >= 15 is 0 Å². The predicted octanol–water partition coefficient (Wildman–Crippen LogP) is 1.67. The van der Waals surface area contributed by atoms with Gasteiger partial charge < -0.3 is 10.8 Å². The van der Waals surface area contributed by atoms with Gasteiger partial charge in [-0.15, -0.1) is 0 Å². The van der Waals surface area contributed by atoms with Gasteiger partial charge in [0.2, 0.25) is 0 Å². The molecule has 2 aromatic rings. The molecule has 3 heterocycles. The SMILES string of the molecule is NC(=O)N1CCCc2cc(-c3cnccc3C(=O)O)cnc21. The summed E-state index contributed by atoms with van der Waals surface area (Å²) in [6.45, 7) is 0.544. The summed E-state index contributed by atoms with van der Waals surface area (Å²) in [7, 11) is 0. The van der Waals surface area contributed by atoms with Gasteiger partial charge in [-0.25, -0.2) is 14.6 Å². The van der Waals surface area contributed by atoms with Gasteiger partial charge in [-0.3, -0.25) is 9.88 Å². The van der Waals surface area contributed by atoms with Gasteiger partial charge in [0.15, 0.2) is 0 Å². The van der Waals surface area contributed by atoms with E-state index in [4.69, 9.17) is 5.73 Å². The predicted molar refractivity (Wildman–Crippen MR) is 79.7 cm³/mol. The first kappa shape index (κ1) is 14.0. The summed E-state index contributed by atoms with van der Waals surface area (Å²) in [5.41, 5.74) is 7.56. The lowest BCUT2D eigenvalue weighted by Crippen LogP contribution is -2.40. The van der Waals surface area contributed by atoms with Crippen molar-refractivity contribution in [1.29, 1.82) is 0 Å². The minimum absolute atomic E-state index is 0.166. The number of amides is 2. The van der Waals surface area contributed by atoms with Gasteiger partial charge in [-0.2, -0.15) is 0 Å². The van der Waals surface area contributed by atoms with Crippen LogP contribution >= 0.6 is 0 Å². The number of aromatic nitrogens is 2.